The summed E-state index contributed by atoms with van der Waals surface area (Å²) in [5, 5.41) is 0.453. The molecule has 0 spiro atoms. The number of halogens is 1. The minimum absolute atomic E-state index is 0.134. The van der Waals surface area contributed by atoms with Crippen LogP contribution in [0, 0.1) is 5.82 Å². The van der Waals surface area contributed by atoms with Crippen LogP contribution in [-0.4, -0.2) is 28.5 Å². The van der Waals surface area contributed by atoms with Gasteiger partial charge >= 0.3 is 5.69 Å². The summed E-state index contributed by atoms with van der Waals surface area (Å²) in [4.78, 5) is 29.6. The second-order valence-corrected chi connectivity index (χ2v) is 5.93. The number of H-pyrrole nitrogens is 1. The van der Waals surface area contributed by atoms with Gasteiger partial charge in [-0.15, -0.1) is 0 Å². The maximum Gasteiger partial charge on any atom is 0.328 e. The van der Waals surface area contributed by atoms with Crippen molar-refractivity contribution < 1.29 is 4.39 Å². The van der Waals surface area contributed by atoms with Crippen LogP contribution in [0.25, 0.3) is 10.9 Å². The molecule has 6 heteroatoms. The van der Waals surface area contributed by atoms with E-state index in [0.717, 1.165) is 4.57 Å². The van der Waals surface area contributed by atoms with Crippen molar-refractivity contribution in [2.45, 2.75) is 12.6 Å². The van der Waals surface area contributed by atoms with E-state index in [1.807, 2.05) is 19.0 Å². The molecule has 2 aromatic carbocycles. The summed E-state index contributed by atoms with van der Waals surface area (Å²) in [6.45, 7) is 0.134. The molecule has 1 atom stereocenters. The molecule has 1 heterocycles. The average Bonchev–Trinajstić information content (AvgIpc) is 2.54. The molecule has 0 saturated carbocycles. The molecule has 1 aromatic heterocycles. The molecule has 124 valence electrons. The Bertz CT molecular complexity index is 991. The van der Waals surface area contributed by atoms with E-state index in [9.17, 15) is 14.0 Å². The van der Waals surface area contributed by atoms with E-state index in [1.165, 1.54) is 12.1 Å². The molecule has 0 radical (unpaired) electrons. The van der Waals surface area contributed by atoms with E-state index in [0.29, 0.717) is 16.5 Å². The number of benzene rings is 2. The Morgan fingerprint density at radius 3 is 2.58 bits per heavy atom. The van der Waals surface area contributed by atoms with Gasteiger partial charge in [-0.05, 0) is 43.9 Å². The molecule has 1 N–H and O–H groups in total. The zero-order chi connectivity index (χ0) is 17.3. The van der Waals surface area contributed by atoms with Crippen molar-refractivity contribution in [3.05, 3.63) is 80.7 Å². The average molecular weight is 327 g/mol. The largest absolute Gasteiger partial charge is 0.328 e. The van der Waals surface area contributed by atoms with Crippen molar-refractivity contribution in [2.75, 3.05) is 14.1 Å². The lowest BCUT2D eigenvalue weighted by Gasteiger charge is -2.25. The number of likely N-dealkylation sites (N-methyl/N-ethyl adjacent to an activating group) is 1. The van der Waals surface area contributed by atoms with Crippen LogP contribution < -0.4 is 11.2 Å². The number of hydrogen-bond acceptors (Lipinski definition) is 3. The summed E-state index contributed by atoms with van der Waals surface area (Å²) in [6, 6.07) is 12.8. The highest BCUT2D eigenvalue weighted by Gasteiger charge is 2.18. The van der Waals surface area contributed by atoms with Crippen LogP contribution in [0.2, 0.25) is 0 Å². The molecular formula is C18H18FN3O2. The molecule has 0 aliphatic heterocycles. The predicted octanol–water partition coefficient (Wildman–Crippen LogP) is 2.13. The lowest BCUT2D eigenvalue weighted by atomic mass is 10.1. The van der Waals surface area contributed by atoms with Gasteiger partial charge in [-0.1, -0.05) is 24.3 Å². The number of nitrogens with zero attached hydrogens (tertiary/aromatic N) is 2. The van der Waals surface area contributed by atoms with Gasteiger partial charge in [-0.2, -0.15) is 0 Å². The first-order valence-electron chi connectivity index (χ1n) is 7.61. The topological polar surface area (TPSA) is 58.1 Å². The maximum atomic E-state index is 13.5. The van der Waals surface area contributed by atoms with Crippen LogP contribution in [0.15, 0.2) is 58.1 Å². The third kappa shape index (κ3) is 3.00. The van der Waals surface area contributed by atoms with Crippen molar-refractivity contribution in [1.82, 2.24) is 14.5 Å². The monoisotopic (exact) mass is 327 g/mol. The molecule has 0 amide bonds. The fraction of sp³-hybridized carbons (Fsp3) is 0.222. The van der Waals surface area contributed by atoms with Gasteiger partial charge in [0.15, 0.2) is 0 Å². The second-order valence-electron chi connectivity index (χ2n) is 5.93. The molecule has 24 heavy (non-hydrogen) atoms. The molecule has 3 aromatic rings. The number of aromatic amines is 1. The van der Waals surface area contributed by atoms with Crippen LogP contribution in [0.1, 0.15) is 11.6 Å². The molecule has 5 nitrogen and oxygen atoms in total. The fourth-order valence-electron chi connectivity index (χ4n) is 2.82. The first-order valence-corrected chi connectivity index (χ1v) is 7.61. The Morgan fingerprint density at radius 2 is 1.88 bits per heavy atom. The number of hydrogen-bond donors (Lipinski definition) is 1. The van der Waals surface area contributed by atoms with Crippen molar-refractivity contribution >= 4 is 10.9 Å². The van der Waals surface area contributed by atoms with Crippen molar-refractivity contribution in [3.63, 3.8) is 0 Å². The first-order chi connectivity index (χ1) is 11.5. The molecule has 0 unspecified atom stereocenters. The van der Waals surface area contributed by atoms with E-state index < -0.39 is 5.69 Å². The lowest BCUT2D eigenvalue weighted by Crippen LogP contribution is -2.39. The summed E-state index contributed by atoms with van der Waals surface area (Å²) in [5.41, 5.74) is 0.398. The van der Waals surface area contributed by atoms with E-state index in [2.05, 4.69) is 4.98 Å². The molecular weight excluding hydrogens is 309 g/mol. The first kappa shape index (κ1) is 16.1. The zero-order valence-electron chi connectivity index (χ0n) is 13.5. The van der Waals surface area contributed by atoms with Crippen molar-refractivity contribution in [1.29, 1.82) is 0 Å². The van der Waals surface area contributed by atoms with Gasteiger partial charge in [-0.25, -0.2) is 9.18 Å². The normalized spacial score (nSPS) is 12.7. The quantitative estimate of drug-likeness (QED) is 0.799. The highest BCUT2D eigenvalue weighted by molar-refractivity contribution is 5.76. The lowest BCUT2D eigenvalue weighted by molar-refractivity contribution is 0.263. The second kappa shape index (κ2) is 6.41. The van der Waals surface area contributed by atoms with Gasteiger partial charge in [-0.3, -0.25) is 9.36 Å². The summed E-state index contributed by atoms with van der Waals surface area (Å²) < 4.78 is 14.7. The summed E-state index contributed by atoms with van der Waals surface area (Å²) in [7, 11) is 3.66. The van der Waals surface area contributed by atoms with Crippen molar-refractivity contribution in [3.8, 4) is 0 Å². The minimum atomic E-state index is -0.470. The number of rotatable bonds is 4. The number of nitrogens with one attached hydrogen (secondary N) is 1. The number of aromatic nitrogens is 2. The Kier molecular flexibility index (Phi) is 4.31. The Balaban J connectivity index is 2.10. The Morgan fingerprint density at radius 1 is 1.12 bits per heavy atom. The highest BCUT2D eigenvalue weighted by Crippen LogP contribution is 2.20. The van der Waals surface area contributed by atoms with Gasteiger partial charge in [0.05, 0.1) is 23.5 Å². The molecule has 0 aliphatic carbocycles. The summed E-state index contributed by atoms with van der Waals surface area (Å²) in [5.74, 6) is -0.348. The molecule has 0 bridgehead atoms. The fourth-order valence-corrected chi connectivity index (χ4v) is 2.82. The summed E-state index contributed by atoms with van der Waals surface area (Å²) in [6.07, 6.45) is 0. The van der Waals surface area contributed by atoms with Gasteiger partial charge in [0.25, 0.3) is 5.56 Å². The van der Waals surface area contributed by atoms with Gasteiger partial charge < -0.3 is 9.88 Å². The van der Waals surface area contributed by atoms with Crippen LogP contribution in [0.3, 0.4) is 0 Å². The molecule has 3 rings (SSSR count). The number of para-hydroxylation sites is 1. The maximum absolute atomic E-state index is 13.5. The van der Waals surface area contributed by atoms with Crippen LogP contribution in [0.4, 0.5) is 4.39 Å². The van der Waals surface area contributed by atoms with E-state index in [4.69, 9.17) is 0 Å². The van der Waals surface area contributed by atoms with Crippen molar-refractivity contribution in [2.24, 2.45) is 0 Å². The Labute approximate surface area is 138 Å². The SMILES string of the molecule is CN(C)[C@@H](Cn1c(=O)[nH]c2ccccc2c1=O)c1cccc(F)c1. The number of fused-ring (bicyclic) bond motifs is 1. The van der Waals surface area contributed by atoms with E-state index >= 15 is 0 Å². The van der Waals surface area contributed by atoms with Gasteiger partial charge in [0.1, 0.15) is 5.82 Å². The van der Waals surface area contributed by atoms with E-state index in [1.54, 1.807) is 36.4 Å². The molecule has 0 saturated heterocycles. The third-order valence-corrected chi connectivity index (χ3v) is 4.10. The van der Waals surface area contributed by atoms with Gasteiger partial charge in [0.2, 0.25) is 0 Å². The molecule has 0 fully saturated rings. The predicted molar refractivity (Wildman–Crippen MR) is 91.7 cm³/mol. The minimum Gasteiger partial charge on any atom is -0.307 e. The summed E-state index contributed by atoms with van der Waals surface area (Å²) >= 11 is 0. The van der Waals surface area contributed by atoms with Gasteiger partial charge in [0, 0.05) is 0 Å². The van der Waals surface area contributed by atoms with Crippen LogP contribution in [0.5, 0.6) is 0 Å². The smallest absolute Gasteiger partial charge is 0.307 e. The zero-order valence-corrected chi connectivity index (χ0v) is 13.5. The standard InChI is InChI=1S/C18H18FN3O2/c1-21(2)16(12-6-5-7-13(19)10-12)11-22-17(23)14-8-3-4-9-15(14)20-18(22)24/h3-10,16H,11H2,1-2H3,(H,20,24)/t16-/m0/s1. The Hall–Kier alpha value is -2.73. The van der Waals surface area contributed by atoms with E-state index in [-0.39, 0.29) is 24.0 Å². The third-order valence-electron chi connectivity index (χ3n) is 4.10. The van der Waals surface area contributed by atoms with Crippen LogP contribution >= 0.6 is 0 Å². The highest BCUT2D eigenvalue weighted by atomic mass is 19.1. The molecule has 0 aliphatic rings. The van der Waals surface area contributed by atoms with Crippen LogP contribution in [-0.2, 0) is 6.54 Å².